The number of hydrogen-bond donors (Lipinski definition) is 1. The van der Waals surface area contributed by atoms with E-state index in [0.717, 1.165) is 37.3 Å². The zero-order chi connectivity index (χ0) is 17.8. The molecular weight excluding hydrogens is 326 g/mol. The zero-order valence-corrected chi connectivity index (χ0v) is 15.7. The number of nitrogens with zero attached hydrogens (tertiary/aromatic N) is 1. The lowest BCUT2D eigenvalue weighted by Crippen LogP contribution is -2.74. The number of hydrogen-bond acceptors (Lipinski definition) is 4. The molecule has 1 aromatic carbocycles. The molecule has 1 saturated carbocycles. The fraction of sp³-hybridized carbons (Fsp3) is 0.636. The maximum Gasteiger partial charge on any atom is 0.165 e. The van der Waals surface area contributed by atoms with Crippen molar-refractivity contribution in [2.45, 2.75) is 49.9 Å². The Hall–Kier alpha value is -1.52. The van der Waals surface area contributed by atoms with Crippen LogP contribution in [-0.2, 0) is 11.8 Å². The molecule has 7 atom stereocenters. The molecule has 1 unspecified atom stereocenters. The Morgan fingerprint density at radius 3 is 3.00 bits per heavy atom. The number of likely N-dealkylation sites (tertiary alicyclic amines) is 1. The van der Waals surface area contributed by atoms with Gasteiger partial charge in [0.05, 0.1) is 13.2 Å². The van der Waals surface area contributed by atoms with Crippen LogP contribution in [0.2, 0.25) is 0 Å². The highest BCUT2D eigenvalue weighted by molar-refractivity contribution is 5.64. The molecule has 2 heterocycles. The number of aliphatic hydroxyl groups is 1. The largest absolute Gasteiger partial charge is 0.493 e. The molecule has 138 valence electrons. The zero-order valence-electron chi connectivity index (χ0n) is 15.7. The highest BCUT2D eigenvalue weighted by atomic mass is 16.5. The summed E-state index contributed by atoms with van der Waals surface area (Å²) in [6, 6.07) is 4.83. The van der Waals surface area contributed by atoms with Crippen LogP contribution in [0.3, 0.4) is 0 Å². The third kappa shape index (κ3) is 1.42. The van der Waals surface area contributed by atoms with E-state index in [1.165, 1.54) is 11.1 Å². The minimum atomic E-state index is -0.305. The fourth-order valence-electron chi connectivity index (χ4n) is 7.48. The van der Waals surface area contributed by atoms with E-state index in [1.54, 1.807) is 7.11 Å². The van der Waals surface area contributed by atoms with Crippen LogP contribution in [0.4, 0.5) is 0 Å². The van der Waals surface area contributed by atoms with Crippen LogP contribution in [0, 0.1) is 17.3 Å². The summed E-state index contributed by atoms with van der Waals surface area (Å²) in [5, 5.41) is 10.6. The maximum absolute atomic E-state index is 10.6. The van der Waals surface area contributed by atoms with Gasteiger partial charge in [0, 0.05) is 28.4 Å². The first kappa shape index (κ1) is 15.5. The summed E-state index contributed by atoms with van der Waals surface area (Å²) in [6.45, 7) is 3.07. The van der Waals surface area contributed by atoms with Crippen molar-refractivity contribution >= 4 is 0 Å². The van der Waals surface area contributed by atoms with Crippen molar-refractivity contribution in [1.29, 1.82) is 0 Å². The first-order chi connectivity index (χ1) is 12.5. The Bertz CT molecular complexity index is 833. The molecule has 1 N–H and O–H groups in total. The van der Waals surface area contributed by atoms with E-state index in [4.69, 9.17) is 9.47 Å². The van der Waals surface area contributed by atoms with Gasteiger partial charge >= 0.3 is 0 Å². The lowest BCUT2D eigenvalue weighted by atomic mass is 9.38. The van der Waals surface area contributed by atoms with Gasteiger partial charge in [-0.15, -0.1) is 0 Å². The van der Waals surface area contributed by atoms with E-state index in [-0.39, 0.29) is 34.9 Å². The van der Waals surface area contributed by atoms with Gasteiger partial charge in [-0.3, -0.25) is 0 Å². The summed E-state index contributed by atoms with van der Waals surface area (Å²) in [4.78, 5) is 2.56. The van der Waals surface area contributed by atoms with Gasteiger partial charge in [-0.2, -0.15) is 0 Å². The Morgan fingerprint density at radius 2 is 2.23 bits per heavy atom. The fourth-order valence-corrected chi connectivity index (χ4v) is 7.48. The van der Waals surface area contributed by atoms with E-state index in [0.29, 0.717) is 6.04 Å². The number of fused-ring (bicyclic) bond motifs is 1. The number of likely N-dealkylation sites (N-methyl/N-ethyl adjacent to an activating group) is 1. The van der Waals surface area contributed by atoms with Crippen molar-refractivity contribution in [3.8, 4) is 11.5 Å². The van der Waals surface area contributed by atoms with Crippen molar-refractivity contribution in [3.63, 3.8) is 0 Å². The van der Waals surface area contributed by atoms with Crippen molar-refractivity contribution in [2.24, 2.45) is 17.3 Å². The predicted octanol–water partition coefficient (Wildman–Crippen LogP) is 2.53. The van der Waals surface area contributed by atoms with Gasteiger partial charge in [0.25, 0.3) is 0 Å². The number of piperidine rings is 1. The molecule has 1 saturated heterocycles. The number of methoxy groups -OCH3 is 1. The minimum Gasteiger partial charge on any atom is -0.493 e. The number of rotatable bonds is 2. The Morgan fingerprint density at radius 1 is 1.38 bits per heavy atom. The smallest absolute Gasteiger partial charge is 0.165 e. The first-order valence-electron chi connectivity index (χ1n) is 9.98. The van der Waals surface area contributed by atoms with Crippen LogP contribution in [0.1, 0.15) is 30.9 Å². The summed E-state index contributed by atoms with van der Waals surface area (Å²) in [7, 11) is 4.02. The van der Waals surface area contributed by atoms with E-state index < -0.39 is 0 Å². The molecule has 4 aliphatic carbocycles. The summed E-state index contributed by atoms with van der Waals surface area (Å²) < 4.78 is 12.4. The third-order valence-electron chi connectivity index (χ3n) is 8.49. The Kier molecular flexibility index (Phi) is 2.78. The van der Waals surface area contributed by atoms with E-state index in [9.17, 15) is 5.11 Å². The molecule has 7 rings (SSSR count). The van der Waals surface area contributed by atoms with Crippen LogP contribution in [0.25, 0.3) is 0 Å². The third-order valence-corrected chi connectivity index (χ3v) is 8.49. The van der Waals surface area contributed by atoms with Crippen LogP contribution in [0.15, 0.2) is 24.3 Å². The number of ether oxygens (including phenoxy) is 2. The quantitative estimate of drug-likeness (QED) is 0.830. The topological polar surface area (TPSA) is 41.9 Å². The molecule has 26 heavy (non-hydrogen) atoms. The molecule has 0 aromatic heterocycles. The van der Waals surface area contributed by atoms with E-state index in [1.807, 2.05) is 6.92 Å². The lowest BCUT2D eigenvalue weighted by molar-refractivity contribution is -0.150. The first-order valence-corrected chi connectivity index (χ1v) is 9.98. The molecule has 2 aliphatic heterocycles. The maximum atomic E-state index is 10.6. The van der Waals surface area contributed by atoms with Crippen LogP contribution in [-0.4, -0.2) is 49.0 Å². The summed E-state index contributed by atoms with van der Waals surface area (Å²) >= 11 is 0. The van der Waals surface area contributed by atoms with Crippen molar-refractivity contribution in [1.82, 2.24) is 4.90 Å². The molecular formula is C22H27NO3. The summed E-state index contributed by atoms with van der Waals surface area (Å²) in [6.07, 6.45) is 7.97. The molecule has 4 heteroatoms. The Labute approximate surface area is 154 Å². The van der Waals surface area contributed by atoms with Crippen LogP contribution < -0.4 is 9.47 Å². The molecule has 4 nitrogen and oxygen atoms in total. The number of aliphatic hydroxyl groups excluding tert-OH is 1. The number of benzene rings is 1. The SMILES string of the molecule is COc1ccc2c3c1O[C@H]1[C@H]4C=C[C@@]5(CC4[C@@H](C)O)[C@@H](C2)N(C)CC[C@]315. The lowest BCUT2D eigenvalue weighted by Gasteiger charge is -2.69. The monoisotopic (exact) mass is 353 g/mol. The highest BCUT2D eigenvalue weighted by Gasteiger charge is 2.74. The van der Waals surface area contributed by atoms with Gasteiger partial charge in [0.2, 0.25) is 0 Å². The second kappa shape index (κ2) is 4.66. The molecule has 2 spiro atoms. The second-order valence-electron chi connectivity index (χ2n) is 9.18. The van der Waals surface area contributed by atoms with Crippen molar-refractivity contribution in [2.75, 3.05) is 20.7 Å². The average Bonchev–Trinajstić information content (AvgIpc) is 3.00. The van der Waals surface area contributed by atoms with Gasteiger partial charge in [0.15, 0.2) is 11.5 Å². The van der Waals surface area contributed by atoms with Crippen LogP contribution >= 0.6 is 0 Å². The molecule has 2 fully saturated rings. The summed E-state index contributed by atoms with van der Waals surface area (Å²) in [5.74, 6) is 2.41. The van der Waals surface area contributed by atoms with Gasteiger partial charge in [-0.1, -0.05) is 18.2 Å². The molecule has 1 aromatic rings. The highest BCUT2D eigenvalue weighted by Crippen LogP contribution is 2.73. The van der Waals surface area contributed by atoms with E-state index >= 15 is 0 Å². The second-order valence-corrected chi connectivity index (χ2v) is 9.18. The average molecular weight is 353 g/mol. The molecule has 4 bridgehead atoms. The van der Waals surface area contributed by atoms with Crippen molar-refractivity contribution < 1.29 is 14.6 Å². The van der Waals surface area contributed by atoms with Gasteiger partial charge < -0.3 is 19.5 Å². The van der Waals surface area contributed by atoms with Gasteiger partial charge in [-0.25, -0.2) is 0 Å². The molecule has 0 amide bonds. The normalized spacial score (nSPS) is 45.2. The minimum absolute atomic E-state index is 0.0481. The van der Waals surface area contributed by atoms with Gasteiger partial charge in [0.1, 0.15) is 6.10 Å². The Balaban J connectivity index is 1.67. The molecule has 6 aliphatic rings. The predicted molar refractivity (Wildman–Crippen MR) is 98.7 cm³/mol. The van der Waals surface area contributed by atoms with E-state index in [2.05, 4.69) is 36.2 Å². The molecule has 0 radical (unpaired) electrons. The standard InChI is InChI=1S/C22H27NO3/c1-12(24)15-11-21-7-6-14(15)20-22(21)8-9-23(2)17(21)10-13-4-5-16(25-3)19(26-20)18(13)22/h4-7,12,14-15,17,20,24H,8-11H2,1-3H3/t12-,14+,15?,17-,20+,21-,22+/m1/s1. The van der Waals surface area contributed by atoms with Crippen molar-refractivity contribution in [3.05, 3.63) is 35.4 Å². The van der Waals surface area contributed by atoms with Crippen LogP contribution in [0.5, 0.6) is 11.5 Å². The van der Waals surface area contributed by atoms with Gasteiger partial charge in [-0.05, 0) is 57.3 Å². The summed E-state index contributed by atoms with van der Waals surface area (Å²) in [5.41, 5.74) is 2.99.